The van der Waals surface area contributed by atoms with Gasteiger partial charge in [0.1, 0.15) is 11.6 Å². The second kappa shape index (κ2) is 7.75. The molecule has 0 saturated heterocycles. The van der Waals surface area contributed by atoms with Gasteiger partial charge in [0.25, 0.3) is 0 Å². The van der Waals surface area contributed by atoms with Crippen molar-refractivity contribution in [3.63, 3.8) is 0 Å². The number of aryl methyl sites for hydroxylation is 2. The largest absolute Gasteiger partial charge is 0.481 e. The Hall–Kier alpha value is -2.67. The van der Waals surface area contributed by atoms with Crippen molar-refractivity contribution in [2.45, 2.75) is 50.4 Å². The Morgan fingerprint density at radius 2 is 1.71 bits per heavy atom. The number of aromatic nitrogens is 3. The summed E-state index contributed by atoms with van der Waals surface area (Å²) in [5.41, 5.74) is 2.14. The molecule has 0 unspecified atom stereocenters. The Bertz CT molecular complexity index is 1060. The van der Waals surface area contributed by atoms with Crippen molar-refractivity contribution >= 4 is 34.3 Å². The van der Waals surface area contributed by atoms with E-state index in [-0.39, 0.29) is 18.6 Å². The number of hydrogen-bond donors (Lipinski definition) is 1. The van der Waals surface area contributed by atoms with E-state index in [1.165, 1.54) is 17.3 Å². The van der Waals surface area contributed by atoms with Crippen molar-refractivity contribution in [3.05, 3.63) is 47.8 Å². The van der Waals surface area contributed by atoms with E-state index in [1.807, 2.05) is 29.7 Å². The molecular weight excluding hydrogens is 374 g/mol. The van der Waals surface area contributed by atoms with E-state index in [4.69, 9.17) is 5.11 Å². The molecule has 146 valence electrons. The van der Waals surface area contributed by atoms with Gasteiger partial charge in [0.05, 0.1) is 16.9 Å². The van der Waals surface area contributed by atoms with Crippen LogP contribution in [-0.4, -0.2) is 36.4 Å². The van der Waals surface area contributed by atoms with E-state index in [2.05, 4.69) is 35.3 Å². The SMILES string of the molecule is Cc1ccc(-n2c(C)nnc2SC(C)(C)C(=O)CCC(=O)O)c2ccccc12. The molecule has 0 atom stereocenters. The van der Waals surface area contributed by atoms with Gasteiger partial charge in [-0.2, -0.15) is 0 Å². The summed E-state index contributed by atoms with van der Waals surface area (Å²) in [6.07, 6.45) is -0.174. The molecule has 0 saturated carbocycles. The van der Waals surface area contributed by atoms with E-state index in [9.17, 15) is 9.59 Å². The number of carbonyl (C=O) groups is 2. The summed E-state index contributed by atoms with van der Waals surface area (Å²) >= 11 is 1.31. The maximum atomic E-state index is 12.5. The van der Waals surface area contributed by atoms with Gasteiger partial charge in [0.2, 0.25) is 0 Å². The molecule has 28 heavy (non-hydrogen) atoms. The molecule has 0 radical (unpaired) electrons. The van der Waals surface area contributed by atoms with Crippen LogP contribution in [0.5, 0.6) is 0 Å². The van der Waals surface area contributed by atoms with Gasteiger partial charge in [-0.25, -0.2) is 0 Å². The summed E-state index contributed by atoms with van der Waals surface area (Å²) in [7, 11) is 0. The molecule has 0 spiro atoms. The van der Waals surface area contributed by atoms with Gasteiger partial charge in [-0.3, -0.25) is 14.2 Å². The summed E-state index contributed by atoms with van der Waals surface area (Å²) in [5, 5.41) is 20.2. The second-order valence-electron chi connectivity index (χ2n) is 7.24. The molecule has 1 heterocycles. The third kappa shape index (κ3) is 3.94. The first-order valence-corrected chi connectivity index (χ1v) is 9.87. The zero-order valence-electron chi connectivity index (χ0n) is 16.4. The summed E-state index contributed by atoms with van der Waals surface area (Å²) in [4.78, 5) is 23.3. The molecular formula is C21H23N3O3S. The van der Waals surface area contributed by atoms with Crippen molar-refractivity contribution in [1.29, 1.82) is 0 Å². The van der Waals surface area contributed by atoms with Crippen LogP contribution < -0.4 is 0 Å². The van der Waals surface area contributed by atoms with Gasteiger partial charge < -0.3 is 5.11 Å². The van der Waals surface area contributed by atoms with E-state index in [0.717, 1.165) is 22.3 Å². The minimum Gasteiger partial charge on any atom is -0.481 e. The smallest absolute Gasteiger partial charge is 0.303 e. The molecule has 3 aromatic rings. The Morgan fingerprint density at radius 3 is 2.39 bits per heavy atom. The number of hydrogen-bond acceptors (Lipinski definition) is 5. The number of carbonyl (C=O) groups excluding carboxylic acids is 1. The van der Waals surface area contributed by atoms with E-state index in [1.54, 1.807) is 13.8 Å². The summed E-state index contributed by atoms with van der Waals surface area (Å²) in [6, 6.07) is 12.3. The number of thioether (sulfide) groups is 1. The fourth-order valence-corrected chi connectivity index (χ4v) is 4.20. The van der Waals surface area contributed by atoms with Crippen LogP contribution in [0.25, 0.3) is 16.5 Å². The number of carboxylic acid groups (broad SMARTS) is 1. The molecule has 1 N–H and O–H groups in total. The number of carboxylic acids is 1. The molecule has 0 aliphatic heterocycles. The minimum absolute atomic E-state index is 0.00405. The average molecular weight is 398 g/mol. The third-order valence-corrected chi connectivity index (χ3v) is 5.92. The number of ketones is 1. The molecule has 0 fully saturated rings. The molecule has 3 rings (SSSR count). The number of rotatable bonds is 7. The van der Waals surface area contributed by atoms with Crippen LogP contribution in [0.4, 0.5) is 0 Å². The monoisotopic (exact) mass is 397 g/mol. The number of aliphatic carboxylic acids is 1. The van der Waals surface area contributed by atoms with Crippen molar-refractivity contribution in [2.75, 3.05) is 0 Å². The average Bonchev–Trinajstić information content (AvgIpc) is 3.00. The van der Waals surface area contributed by atoms with Crippen LogP contribution in [0.3, 0.4) is 0 Å². The van der Waals surface area contributed by atoms with Crippen LogP contribution in [0.2, 0.25) is 0 Å². The highest BCUT2D eigenvalue weighted by atomic mass is 32.2. The van der Waals surface area contributed by atoms with Crippen LogP contribution in [0, 0.1) is 13.8 Å². The quantitative estimate of drug-likeness (QED) is 0.597. The van der Waals surface area contributed by atoms with Crippen molar-refractivity contribution < 1.29 is 14.7 Å². The Balaban J connectivity index is 2.01. The first kappa shape index (κ1) is 20.1. The molecule has 0 aliphatic rings. The standard InChI is InChI=1S/C21H23N3O3S/c1-13-9-10-17(16-8-6-5-7-15(13)16)24-14(2)22-23-20(24)28-21(3,4)18(25)11-12-19(26)27/h5-10H,11-12H2,1-4H3,(H,26,27). The van der Waals surface area contributed by atoms with Gasteiger partial charge in [0, 0.05) is 11.8 Å². The maximum absolute atomic E-state index is 12.5. The normalized spacial score (nSPS) is 11.7. The van der Waals surface area contributed by atoms with Gasteiger partial charge in [-0.15, -0.1) is 10.2 Å². The van der Waals surface area contributed by atoms with Crippen LogP contribution in [-0.2, 0) is 9.59 Å². The van der Waals surface area contributed by atoms with Crippen LogP contribution in [0.1, 0.15) is 38.1 Å². The Labute approximate surface area is 168 Å². The number of Topliss-reactive ketones (excluding diaryl/α,β-unsaturated/α-hetero) is 1. The zero-order chi connectivity index (χ0) is 20.5. The highest BCUT2D eigenvalue weighted by Crippen LogP contribution is 2.36. The molecule has 0 aliphatic carbocycles. The molecule has 6 nitrogen and oxygen atoms in total. The lowest BCUT2D eigenvalue weighted by Gasteiger charge is -2.22. The van der Waals surface area contributed by atoms with E-state index >= 15 is 0 Å². The van der Waals surface area contributed by atoms with Crippen molar-refractivity contribution in [2.24, 2.45) is 0 Å². The van der Waals surface area contributed by atoms with Gasteiger partial charge in [-0.05, 0) is 44.7 Å². The first-order valence-electron chi connectivity index (χ1n) is 9.05. The maximum Gasteiger partial charge on any atom is 0.303 e. The topological polar surface area (TPSA) is 85.1 Å². The molecule has 7 heteroatoms. The van der Waals surface area contributed by atoms with Crippen LogP contribution in [0.15, 0.2) is 41.6 Å². The molecule has 1 aromatic heterocycles. The van der Waals surface area contributed by atoms with Crippen molar-refractivity contribution in [3.8, 4) is 5.69 Å². The molecule has 0 amide bonds. The summed E-state index contributed by atoms with van der Waals surface area (Å²) in [5.74, 6) is -0.370. The van der Waals surface area contributed by atoms with E-state index in [0.29, 0.717) is 5.16 Å². The fourth-order valence-electron chi connectivity index (χ4n) is 3.12. The van der Waals surface area contributed by atoms with E-state index < -0.39 is 10.7 Å². The Kier molecular flexibility index (Phi) is 5.56. The predicted octanol–water partition coefficient (Wildman–Crippen LogP) is 4.34. The van der Waals surface area contributed by atoms with Gasteiger partial charge >= 0.3 is 5.97 Å². The Morgan fingerprint density at radius 1 is 1.04 bits per heavy atom. The first-order chi connectivity index (χ1) is 13.2. The number of benzene rings is 2. The van der Waals surface area contributed by atoms with Crippen molar-refractivity contribution in [1.82, 2.24) is 14.8 Å². The lowest BCUT2D eigenvalue weighted by Crippen LogP contribution is -2.28. The number of fused-ring (bicyclic) bond motifs is 1. The summed E-state index contributed by atoms with van der Waals surface area (Å²) in [6.45, 7) is 7.54. The molecule has 0 bridgehead atoms. The van der Waals surface area contributed by atoms with Crippen LogP contribution >= 0.6 is 11.8 Å². The minimum atomic E-state index is -0.973. The fraction of sp³-hybridized carbons (Fsp3) is 0.333. The second-order valence-corrected chi connectivity index (χ2v) is 8.83. The zero-order valence-corrected chi connectivity index (χ0v) is 17.2. The third-order valence-electron chi connectivity index (χ3n) is 4.74. The number of nitrogens with zero attached hydrogens (tertiary/aromatic N) is 3. The summed E-state index contributed by atoms with van der Waals surface area (Å²) < 4.78 is 1.14. The highest BCUT2D eigenvalue weighted by Gasteiger charge is 2.31. The lowest BCUT2D eigenvalue weighted by molar-refractivity contribution is -0.138. The van der Waals surface area contributed by atoms with Gasteiger partial charge in [0.15, 0.2) is 5.16 Å². The molecule has 2 aromatic carbocycles. The predicted molar refractivity (Wildman–Crippen MR) is 110 cm³/mol. The lowest BCUT2D eigenvalue weighted by atomic mass is 10.0. The highest BCUT2D eigenvalue weighted by molar-refractivity contribution is 8.01. The van der Waals surface area contributed by atoms with Gasteiger partial charge in [-0.1, -0.05) is 42.1 Å².